The highest BCUT2D eigenvalue weighted by Crippen LogP contribution is 2.53. The van der Waals surface area contributed by atoms with Gasteiger partial charge >= 0.3 is 0 Å². The van der Waals surface area contributed by atoms with Crippen molar-refractivity contribution < 1.29 is 4.74 Å². The minimum Gasteiger partial charge on any atom is -0.377 e. The largest absolute Gasteiger partial charge is 0.377 e. The van der Waals surface area contributed by atoms with E-state index in [0.29, 0.717) is 29.0 Å². The number of hydrogen-bond donors (Lipinski definition) is 1. The first kappa shape index (κ1) is 12.0. The van der Waals surface area contributed by atoms with Gasteiger partial charge in [0.05, 0.1) is 6.10 Å². The zero-order valence-electron chi connectivity index (χ0n) is 11.8. The van der Waals surface area contributed by atoms with Gasteiger partial charge in [-0.2, -0.15) is 0 Å². The Bertz CT molecular complexity index is 310. The van der Waals surface area contributed by atoms with Gasteiger partial charge in [-0.25, -0.2) is 0 Å². The number of nitrogens with one attached hydrogen (secondary N) is 1. The molecule has 0 aromatic rings. The second-order valence-electron chi connectivity index (χ2n) is 7.64. The Labute approximate surface area is 105 Å². The molecule has 1 aliphatic heterocycles. The summed E-state index contributed by atoms with van der Waals surface area (Å²) in [6.45, 7) is 10.6. The first-order valence-corrected chi connectivity index (χ1v) is 7.30. The van der Waals surface area contributed by atoms with Crippen LogP contribution >= 0.6 is 0 Å². The van der Waals surface area contributed by atoms with Crippen LogP contribution in [0.15, 0.2) is 0 Å². The maximum Gasteiger partial charge on any atom is 0.0685 e. The summed E-state index contributed by atoms with van der Waals surface area (Å²) in [5.41, 5.74) is 0.820. The van der Waals surface area contributed by atoms with E-state index in [0.717, 1.165) is 12.5 Å². The van der Waals surface area contributed by atoms with Gasteiger partial charge in [0, 0.05) is 30.0 Å². The predicted molar refractivity (Wildman–Crippen MR) is 70.0 cm³/mol. The van der Waals surface area contributed by atoms with E-state index in [-0.39, 0.29) is 0 Å². The molecule has 3 fully saturated rings. The third-order valence-corrected chi connectivity index (χ3v) is 5.74. The molecule has 2 aliphatic carbocycles. The molecule has 1 heterocycles. The topological polar surface area (TPSA) is 21.3 Å². The van der Waals surface area contributed by atoms with Crippen LogP contribution in [0.5, 0.6) is 0 Å². The fourth-order valence-corrected chi connectivity index (χ4v) is 4.52. The molecule has 1 saturated heterocycles. The Morgan fingerprint density at radius 3 is 2.53 bits per heavy atom. The van der Waals surface area contributed by atoms with E-state index in [2.05, 4.69) is 33.0 Å². The molecule has 3 aliphatic rings. The molecule has 3 rings (SSSR count). The van der Waals surface area contributed by atoms with Gasteiger partial charge in [-0.15, -0.1) is 0 Å². The second kappa shape index (κ2) is 3.71. The lowest BCUT2D eigenvalue weighted by molar-refractivity contribution is -0.117. The fraction of sp³-hybridized carbons (Fsp3) is 1.00. The van der Waals surface area contributed by atoms with E-state index in [1.807, 2.05) is 0 Å². The van der Waals surface area contributed by atoms with Gasteiger partial charge in [-0.1, -0.05) is 34.1 Å². The summed E-state index contributed by atoms with van der Waals surface area (Å²) in [5.74, 6) is 0.779. The van der Waals surface area contributed by atoms with Crippen molar-refractivity contribution >= 4 is 0 Å². The van der Waals surface area contributed by atoms with Crippen LogP contribution in [0, 0.1) is 16.7 Å². The molecule has 2 heteroatoms. The molecule has 0 spiro atoms. The van der Waals surface area contributed by atoms with Gasteiger partial charge in [0.2, 0.25) is 0 Å². The van der Waals surface area contributed by atoms with Gasteiger partial charge in [-0.05, 0) is 24.7 Å². The van der Waals surface area contributed by atoms with Crippen molar-refractivity contribution in [3.05, 3.63) is 0 Å². The Kier molecular flexibility index (Phi) is 2.61. The number of ether oxygens (including phenoxy) is 1. The molecule has 0 amide bonds. The molecule has 0 aromatic carbocycles. The van der Waals surface area contributed by atoms with Crippen LogP contribution in [0.3, 0.4) is 0 Å². The van der Waals surface area contributed by atoms with Crippen LogP contribution in [0.1, 0.15) is 53.4 Å². The SMILES string of the molecule is CC1(C)CCCC1NC1C2CCOC2C1(C)C. The highest BCUT2D eigenvalue weighted by Gasteiger charge is 2.60. The molecule has 4 unspecified atom stereocenters. The lowest BCUT2D eigenvalue weighted by atomic mass is 9.57. The first-order chi connectivity index (χ1) is 7.93. The lowest BCUT2D eigenvalue weighted by Gasteiger charge is -2.56. The molecule has 4 atom stereocenters. The summed E-state index contributed by atoms with van der Waals surface area (Å²) in [7, 11) is 0. The second-order valence-corrected chi connectivity index (χ2v) is 7.64. The van der Waals surface area contributed by atoms with Gasteiger partial charge in [-0.3, -0.25) is 0 Å². The normalized spacial score (nSPS) is 46.6. The van der Waals surface area contributed by atoms with E-state index in [1.54, 1.807) is 0 Å². The highest BCUT2D eigenvalue weighted by atomic mass is 16.5. The van der Waals surface area contributed by atoms with E-state index >= 15 is 0 Å². The summed E-state index contributed by atoms with van der Waals surface area (Å²) in [4.78, 5) is 0. The van der Waals surface area contributed by atoms with Gasteiger partial charge in [0.1, 0.15) is 0 Å². The summed E-state index contributed by atoms with van der Waals surface area (Å²) < 4.78 is 5.87. The van der Waals surface area contributed by atoms with Crippen LogP contribution in [0.2, 0.25) is 0 Å². The maximum absolute atomic E-state index is 5.87. The molecule has 0 aromatic heterocycles. The van der Waals surface area contributed by atoms with Crippen molar-refractivity contribution in [2.45, 2.75) is 71.6 Å². The standard InChI is InChI=1S/C15H27NO/c1-14(2)8-5-6-11(14)16-12-10-7-9-17-13(10)15(12,3)4/h10-13,16H,5-9H2,1-4H3. The number of rotatable bonds is 2. The van der Waals surface area contributed by atoms with E-state index in [9.17, 15) is 0 Å². The molecule has 98 valence electrons. The van der Waals surface area contributed by atoms with Gasteiger partial charge in [0.15, 0.2) is 0 Å². The van der Waals surface area contributed by atoms with Gasteiger partial charge in [0.25, 0.3) is 0 Å². The first-order valence-electron chi connectivity index (χ1n) is 7.30. The third-order valence-electron chi connectivity index (χ3n) is 5.74. The molecule has 2 saturated carbocycles. The van der Waals surface area contributed by atoms with E-state index in [4.69, 9.17) is 4.74 Å². The van der Waals surface area contributed by atoms with Crippen molar-refractivity contribution in [2.75, 3.05) is 6.61 Å². The quantitative estimate of drug-likeness (QED) is 0.797. The smallest absolute Gasteiger partial charge is 0.0685 e. The Morgan fingerprint density at radius 1 is 1.12 bits per heavy atom. The zero-order chi connectivity index (χ0) is 12.3. The van der Waals surface area contributed by atoms with Crippen LogP contribution in [-0.4, -0.2) is 24.8 Å². The highest BCUT2D eigenvalue weighted by molar-refractivity contribution is 5.12. The summed E-state index contributed by atoms with van der Waals surface area (Å²) >= 11 is 0. The van der Waals surface area contributed by atoms with Crippen molar-refractivity contribution in [1.82, 2.24) is 5.32 Å². The maximum atomic E-state index is 5.87. The summed E-state index contributed by atoms with van der Waals surface area (Å²) in [6, 6.07) is 1.39. The van der Waals surface area contributed by atoms with Crippen LogP contribution in [0.4, 0.5) is 0 Å². The van der Waals surface area contributed by atoms with Gasteiger partial charge < -0.3 is 10.1 Å². The lowest BCUT2D eigenvalue weighted by Crippen LogP contribution is -2.68. The van der Waals surface area contributed by atoms with Crippen LogP contribution < -0.4 is 5.32 Å². The molecular formula is C15H27NO. The molecular weight excluding hydrogens is 210 g/mol. The summed E-state index contributed by atoms with van der Waals surface area (Å²) in [6.07, 6.45) is 5.91. The van der Waals surface area contributed by atoms with Crippen molar-refractivity contribution in [2.24, 2.45) is 16.7 Å². The Morgan fingerprint density at radius 2 is 1.88 bits per heavy atom. The fourth-order valence-electron chi connectivity index (χ4n) is 4.52. The molecule has 17 heavy (non-hydrogen) atoms. The average molecular weight is 237 g/mol. The third kappa shape index (κ3) is 1.67. The molecule has 0 radical (unpaired) electrons. The summed E-state index contributed by atoms with van der Waals surface area (Å²) in [5, 5.41) is 3.99. The zero-order valence-corrected chi connectivity index (χ0v) is 11.8. The van der Waals surface area contributed by atoms with Crippen molar-refractivity contribution in [1.29, 1.82) is 0 Å². The van der Waals surface area contributed by atoms with Crippen LogP contribution in [0.25, 0.3) is 0 Å². The van der Waals surface area contributed by atoms with Crippen molar-refractivity contribution in [3.63, 3.8) is 0 Å². The monoisotopic (exact) mass is 237 g/mol. The number of hydrogen-bond acceptors (Lipinski definition) is 2. The minimum absolute atomic E-state index is 0.333. The Hall–Kier alpha value is -0.0800. The minimum atomic E-state index is 0.333. The molecule has 1 N–H and O–H groups in total. The van der Waals surface area contributed by atoms with E-state index < -0.39 is 0 Å². The van der Waals surface area contributed by atoms with Crippen molar-refractivity contribution in [3.8, 4) is 0 Å². The molecule has 2 nitrogen and oxygen atoms in total. The van der Waals surface area contributed by atoms with Crippen LogP contribution in [-0.2, 0) is 4.74 Å². The average Bonchev–Trinajstić information content (AvgIpc) is 2.79. The molecule has 0 bridgehead atoms. The number of fused-ring (bicyclic) bond motifs is 1. The van der Waals surface area contributed by atoms with E-state index in [1.165, 1.54) is 25.7 Å². The predicted octanol–water partition coefficient (Wildman–Crippen LogP) is 2.97. The Balaban J connectivity index is 1.69.